The van der Waals surface area contributed by atoms with E-state index in [0.717, 1.165) is 23.2 Å². The molecule has 2 unspecified atom stereocenters. The number of nitrogens with one attached hydrogen (secondary N) is 2. The monoisotopic (exact) mass is 310 g/mol. The minimum absolute atomic E-state index is 0.342. The molecule has 1 aromatic heterocycles. The van der Waals surface area contributed by atoms with Gasteiger partial charge in [-0.05, 0) is 55.8 Å². The molecule has 23 heavy (non-hydrogen) atoms. The van der Waals surface area contributed by atoms with E-state index in [4.69, 9.17) is 0 Å². The maximum Gasteiger partial charge on any atom is 0.155 e. The van der Waals surface area contributed by atoms with Gasteiger partial charge in [-0.1, -0.05) is 38.0 Å². The highest BCUT2D eigenvalue weighted by Gasteiger charge is 2.49. The number of nitrogens with zero attached hydrogens (tertiary/aromatic N) is 2. The van der Waals surface area contributed by atoms with Crippen LogP contribution in [0.1, 0.15) is 44.6 Å². The molecule has 2 heterocycles. The fourth-order valence-corrected chi connectivity index (χ4v) is 5.20. The number of fused-ring (bicyclic) bond motifs is 2. The van der Waals surface area contributed by atoms with Gasteiger partial charge in [0.15, 0.2) is 5.82 Å². The third kappa shape index (κ3) is 2.40. The average Bonchev–Trinajstić information content (AvgIpc) is 3.09. The van der Waals surface area contributed by atoms with Gasteiger partial charge >= 0.3 is 0 Å². The SMILES string of the molecule is CCCC1(c2cccc(-c3ncn[nH]3)c2)C2CCC[C@@H]1CNC2. The molecule has 1 saturated carbocycles. The van der Waals surface area contributed by atoms with Crippen molar-refractivity contribution in [3.05, 3.63) is 36.2 Å². The normalized spacial score (nSPS) is 30.3. The van der Waals surface area contributed by atoms with Gasteiger partial charge < -0.3 is 5.32 Å². The number of H-pyrrole nitrogens is 1. The van der Waals surface area contributed by atoms with Gasteiger partial charge in [-0.3, -0.25) is 5.10 Å². The molecule has 122 valence electrons. The van der Waals surface area contributed by atoms with Crippen LogP contribution in [0.2, 0.25) is 0 Å². The standard InChI is InChI=1S/C19H26N4/c1-2-9-19(16-7-4-8-17(19)12-20-11-16)15-6-3-5-14(10-15)18-21-13-22-23-18/h3,5-6,10,13,16-17,20H,2,4,7-9,11-12H2,1H3,(H,21,22,23)/t16-,17?,19?/m1/s1. The molecule has 3 atom stereocenters. The van der Waals surface area contributed by atoms with E-state index in [1.807, 2.05) is 0 Å². The lowest BCUT2D eigenvalue weighted by Crippen LogP contribution is -2.56. The van der Waals surface area contributed by atoms with Crippen molar-refractivity contribution in [2.75, 3.05) is 13.1 Å². The number of piperidine rings is 1. The van der Waals surface area contributed by atoms with E-state index >= 15 is 0 Å². The first kappa shape index (κ1) is 14.9. The Bertz CT molecular complexity index is 627. The van der Waals surface area contributed by atoms with Crippen LogP contribution in [0, 0.1) is 11.8 Å². The molecule has 1 aliphatic heterocycles. The van der Waals surface area contributed by atoms with Crippen molar-refractivity contribution in [1.82, 2.24) is 20.5 Å². The second-order valence-electron chi connectivity index (χ2n) is 7.19. The second-order valence-corrected chi connectivity index (χ2v) is 7.19. The summed E-state index contributed by atoms with van der Waals surface area (Å²) >= 11 is 0. The molecule has 1 aliphatic carbocycles. The van der Waals surface area contributed by atoms with Gasteiger partial charge in [-0.25, -0.2) is 4.98 Å². The Hall–Kier alpha value is -1.68. The van der Waals surface area contributed by atoms with Gasteiger partial charge in [0.25, 0.3) is 0 Å². The first-order chi connectivity index (χ1) is 11.3. The molecule has 2 aliphatic rings. The third-order valence-electron chi connectivity index (χ3n) is 6.10. The highest BCUT2D eigenvalue weighted by molar-refractivity contribution is 5.56. The molecule has 2 bridgehead atoms. The molecule has 2 fully saturated rings. The Balaban J connectivity index is 1.80. The predicted octanol–water partition coefficient (Wildman–Crippen LogP) is 3.53. The molecular weight excluding hydrogens is 284 g/mol. The zero-order valence-corrected chi connectivity index (χ0v) is 13.9. The fraction of sp³-hybridized carbons (Fsp3) is 0.579. The van der Waals surface area contributed by atoms with Crippen molar-refractivity contribution >= 4 is 0 Å². The van der Waals surface area contributed by atoms with E-state index in [-0.39, 0.29) is 0 Å². The fourth-order valence-electron chi connectivity index (χ4n) is 5.20. The van der Waals surface area contributed by atoms with Crippen LogP contribution in [0.4, 0.5) is 0 Å². The number of benzene rings is 1. The molecule has 1 saturated heterocycles. The van der Waals surface area contributed by atoms with Crippen molar-refractivity contribution < 1.29 is 0 Å². The Morgan fingerprint density at radius 1 is 1.22 bits per heavy atom. The van der Waals surface area contributed by atoms with Crippen LogP contribution in [0.25, 0.3) is 11.4 Å². The van der Waals surface area contributed by atoms with Crippen molar-refractivity contribution in [3.8, 4) is 11.4 Å². The number of hydrogen-bond acceptors (Lipinski definition) is 3. The largest absolute Gasteiger partial charge is 0.316 e. The van der Waals surface area contributed by atoms with Gasteiger partial charge in [0.05, 0.1) is 0 Å². The van der Waals surface area contributed by atoms with E-state index in [1.54, 1.807) is 6.33 Å². The Morgan fingerprint density at radius 3 is 2.74 bits per heavy atom. The third-order valence-corrected chi connectivity index (χ3v) is 6.10. The number of hydrogen-bond donors (Lipinski definition) is 2. The first-order valence-electron chi connectivity index (χ1n) is 9.01. The van der Waals surface area contributed by atoms with E-state index in [1.165, 1.54) is 50.8 Å². The van der Waals surface area contributed by atoms with Gasteiger partial charge in [0.2, 0.25) is 0 Å². The molecular formula is C19H26N4. The molecule has 4 heteroatoms. The summed E-state index contributed by atoms with van der Waals surface area (Å²) in [7, 11) is 0. The molecule has 4 rings (SSSR count). The predicted molar refractivity (Wildman–Crippen MR) is 92.1 cm³/mol. The topological polar surface area (TPSA) is 53.6 Å². The summed E-state index contributed by atoms with van der Waals surface area (Å²) in [5.41, 5.74) is 3.02. The van der Waals surface area contributed by atoms with E-state index in [9.17, 15) is 0 Å². The van der Waals surface area contributed by atoms with Crippen LogP contribution in [0.5, 0.6) is 0 Å². The summed E-state index contributed by atoms with van der Waals surface area (Å²) in [6.07, 6.45) is 8.24. The van der Waals surface area contributed by atoms with E-state index in [0.29, 0.717) is 5.41 Å². The molecule has 1 aromatic carbocycles. The van der Waals surface area contributed by atoms with Crippen LogP contribution >= 0.6 is 0 Å². The van der Waals surface area contributed by atoms with Gasteiger partial charge in [0.1, 0.15) is 6.33 Å². The lowest BCUT2D eigenvalue weighted by molar-refractivity contribution is 0.0577. The zero-order valence-electron chi connectivity index (χ0n) is 13.9. The summed E-state index contributed by atoms with van der Waals surface area (Å²) < 4.78 is 0. The summed E-state index contributed by atoms with van der Waals surface area (Å²) in [6.45, 7) is 4.67. The van der Waals surface area contributed by atoms with Crippen molar-refractivity contribution in [3.63, 3.8) is 0 Å². The maximum atomic E-state index is 4.33. The van der Waals surface area contributed by atoms with E-state index in [2.05, 4.69) is 51.7 Å². The Labute approximate surface area is 138 Å². The van der Waals surface area contributed by atoms with E-state index < -0.39 is 0 Å². The summed E-state index contributed by atoms with van der Waals surface area (Å²) in [5.74, 6) is 2.40. The minimum Gasteiger partial charge on any atom is -0.316 e. The molecule has 2 aromatic rings. The average molecular weight is 310 g/mol. The minimum atomic E-state index is 0.342. The van der Waals surface area contributed by atoms with Crippen molar-refractivity contribution in [1.29, 1.82) is 0 Å². The smallest absolute Gasteiger partial charge is 0.155 e. The first-order valence-corrected chi connectivity index (χ1v) is 9.01. The van der Waals surface area contributed by atoms with Crippen LogP contribution in [0.3, 0.4) is 0 Å². The van der Waals surface area contributed by atoms with Gasteiger partial charge in [0, 0.05) is 11.0 Å². The summed E-state index contributed by atoms with van der Waals surface area (Å²) in [6, 6.07) is 9.06. The lowest BCUT2D eigenvalue weighted by Gasteiger charge is -2.54. The number of aromatic nitrogens is 3. The van der Waals surface area contributed by atoms with Gasteiger partial charge in [-0.2, -0.15) is 5.10 Å². The van der Waals surface area contributed by atoms with Gasteiger partial charge in [-0.15, -0.1) is 0 Å². The number of aromatic amines is 1. The summed E-state index contributed by atoms with van der Waals surface area (Å²) in [5, 5.41) is 10.7. The Morgan fingerprint density at radius 2 is 2.04 bits per heavy atom. The van der Waals surface area contributed by atoms with Crippen molar-refractivity contribution in [2.45, 2.75) is 44.4 Å². The molecule has 2 N–H and O–H groups in total. The second kappa shape index (κ2) is 6.08. The lowest BCUT2D eigenvalue weighted by atomic mass is 9.53. The highest BCUT2D eigenvalue weighted by Crippen LogP contribution is 2.52. The highest BCUT2D eigenvalue weighted by atomic mass is 15.2. The molecule has 0 radical (unpaired) electrons. The Kier molecular flexibility index (Phi) is 3.93. The zero-order chi connectivity index (χ0) is 15.7. The van der Waals surface area contributed by atoms with Crippen molar-refractivity contribution in [2.24, 2.45) is 11.8 Å². The molecule has 4 nitrogen and oxygen atoms in total. The van der Waals surface area contributed by atoms with Crippen LogP contribution in [-0.4, -0.2) is 28.3 Å². The quantitative estimate of drug-likeness (QED) is 0.908. The molecule has 0 spiro atoms. The van der Waals surface area contributed by atoms with Crippen LogP contribution in [0.15, 0.2) is 30.6 Å². The van der Waals surface area contributed by atoms with Crippen LogP contribution < -0.4 is 5.32 Å². The maximum absolute atomic E-state index is 4.33. The number of rotatable bonds is 4. The van der Waals surface area contributed by atoms with Crippen LogP contribution in [-0.2, 0) is 5.41 Å². The molecule has 0 amide bonds. The summed E-state index contributed by atoms with van der Waals surface area (Å²) in [4.78, 5) is 4.33.